The van der Waals surface area contributed by atoms with Crippen LogP contribution in [-0.4, -0.2) is 62.1 Å². The third kappa shape index (κ3) is 5.55. The van der Waals surface area contributed by atoms with Crippen molar-refractivity contribution in [3.05, 3.63) is 99.9 Å². The third-order valence-electron chi connectivity index (χ3n) is 8.41. The second-order valence-electron chi connectivity index (χ2n) is 11.0. The largest absolute Gasteiger partial charge is 0.388 e. The first-order valence-electron chi connectivity index (χ1n) is 13.7. The zero-order chi connectivity index (χ0) is 26.8. The molecule has 202 valence electrons. The van der Waals surface area contributed by atoms with Crippen molar-refractivity contribution in [1.82, 2.24) is 19.4 Å². The molecule has 0 bridgehead atoms. The van der Waals surface area contributed by atoms with Gasteiger partial charge in [0.1, 0.15) is 4.83 Å². The maximum atomic E-state index is 13.9. The molecule has 2 aliphatic rings. The summed E-state index contributed by atoms with van der Waals surface area (Å²) in [6.07, 6.45) is 3.23. The number of amides is 1. The van der Waals surface area contributed by atoms with E-state index in [0.29, 0.717) is 36.1 Å². The van der Waals surface area contributed by atoms with Crippen molar-refractivity contribution in [3.8, 4) is 0 Å². The fraction of sp³-hybridized carbons (Fsp3) is 0.387. The summed E-state index contributed by atoms with van der Waals surface area (Å²) in [6.45, 7) is 3.78. The first-order chi connectivity index (χ1) is 19.0. The molecule has 2 aromatic carbocycles. The van der Waals surface area contributed by atoms with Gasteiger partial charge in [-0.15, -0.1) is 11.3 Å². The Morgan fingerprint density at radius 2 is 1.72 bits per heavy atom. The lowest BCUT2D eigenvalue weighted by molar-refractivity contribution is -0.142. The van der Waals surface area contributed by atoms with Crippen LogP contribution < -0.4 is 5.56 Å². The molecule has 6 rings (SSSR count). The fourth-order valence-electron chi connectivity index (χ4n) is 6.20. The number of likely N-dealkylation sites (tertiary alicyclic amines) is 2. The van der Waals surface area contributed by atoms with E-state index in [1.807, 2.05) is 22.4 Å². The lowest BCUT2D eigenvalue weighted by Gasteiger charge is -2.43. The van der Waals surface area contributed by atoms with E-state index in [-0.39, 0.29) is 29.8 Å². The smallest absolute Gasteiger partial charge is 0.262 e. The number of hydrogen-bond acceptors (Lipinski definition) is 6. The molecule has 0 spiro atoms. The maximum absolute atomic E-state index is 13.9. The first kappa shape index (κ1) is 25.9. The van der Waals surface area contributed by atoms with Gasteiger partial charge in [0.25, 0.3) is 5.56 Å². The van der Waals surface area contributed by atoms with Crippen LogP contribution in [0.5, 0.6) is 0 Å². The minimum atomic E-state index is -1.04. The third-order valence-corrected chi connectivity index (χ3v) is 9.23. The highest BCUT2D eigenvalue weighted by Crippen LogP contribution is 2.36. The summed E-state index contributed by atoms with van der Waals surface area (Å²) in [5, 5.41) is 13.8. The number of carbonyl (C=O) groups excluding carboxylic acids is 1. The number of nitrogens with zero attached hydrogens (tertiary/aromatic N) is 4. The van der Waals surface area contributed by atoms with Crippen molar-refractivity contribution in [2.75, 3.05) is 26.2 Å². The Bertz CT molecular complexity index is 1480. The zero-order valence-electron chi connectivity index (χ0n) is 22.0. The Balaban J connectivity index is 1.13. The zero-order valence-corrected chi connectivity index (χ0v) is 22.8. The van der Waals surface area contributed by atoms with Crippen LogP contribution in [0.25, 0.3) is 10.2 Å². The number of benzene rings is 2. The number of aliphatic hydroxyl groups is 1. The van der Waals surface area contributed by atoms with Gasteiger partial charge in [0.2, 0.25) is 5.91 Å². The molecule has 2 unspecified atom stereocenters. The summed E-state index contributed by atoms with van der Waals surface area (Å²) in [4.78, 5) is 36.2. The number of piperidine rings is 2. The summed E-state index contributed by atoms with van der Waals surface area (Å²) in [6, 6.07) is 22.7. The number of carbonyl (C=O) groups is 1. The van der Waals surface area contributed by atoms with Gasteiger partial charge in [-0.25, -0.2) is 4.98 Å². The van der Waals surface area contributed by atoms with E-state index in [1.54, 1.807) is 6.07 Å². The van der Waals surface area contributed by atoms with Crippen LogP contribution in [-0.2, 0) is 17.9 Å². The van der Waals surface area contributed by atoms with E-state index in [0.717, 1.165) is 26.1 Å². The Morgan fingerprint density at radius 3 is 2.46 bits per heavy atom. The molecule has 8 heteroatoms. The van der Waals surface area contributed by atoms with Crippen LogP contribution in [0.2, 0.25) is 0 Å². The molecule has 0 aliphatic carbocycles. The lowest BCUT2D eigenvalue weighted by Crippen LogP contribution is -2.53. The monoisotopic (exact) mass is 542 g/mol. The highest BCUT2D eigenvalue weighted by Gasteiger charge is 2.40. The molecule has 4 heterocycles. The van der Waals surface area contributed by atoms with E-state index in [9.17, 15) is 14.7 Å². The van der Waals surface area contributed by atoms with Crippen molar-refractivity contribution in [3.63, 3.8) is 0 Å². The Hall–Kier alpha value is -3.33. The topological polar surface area (TPSA) is 78.7 Å². The molecule has 2 aliphatic heterocycles. The lowest BCUT2D eigenvalue weighted by atomic mass is 9.79. The summed E-state index contributed by atoms with van der Waals surface area (Å²) in [5.74, 6) is 0.223. The molecule has 2 aromatic heterocycles. The molecule has 2 atom stereocenters. The van der Waals surface area contributed by atoms with Crippen molar-refractivity contribution in [1.29, 1.82) is 0 Å². The van der Waals surface area contributed by atoms with E-state index in [2.05, 4.69) is 58.4 Å². The standard InChI is InChI=1S/C31H34N4O3S/c36-29(34-16-13-31(38,14-17-34)21-35-22-32-28-26(30(35)37)12-18-39-28)25-11-15-33(19-23-7-3-1-4-8-23)20-27(25)24-9-5-2-6-10-24/h1-10,12,18,22,25,27,38H,11,13-17,19-21H2. The molecule has 2 fully saturated rings. The van der Waals surface area contributed by atoms with Gasteiger partial charge in [-0.1, -0.05) is 60.7 Å². The van der Waals surface area contributed by atoms with Gasteiger partial charge >= 0.3 is 0 Å². The van der Waals surface area contributed by atoms with E-state index in [4.69, 9.17) is 0 Å². The maximum Gasteiger partial charge on any atom is 0.262 e. The summed E-state index contributed by atoms with van der Waals surface area (Å²) in [7, 11) is 0. The predicted octanol–water partition coefficient (Wildman–Crippen LogP) is 4.12. The van der Waals surface area contributed by atoms with Gasteiger partial charge in [-0.2, -0.15) is 0 Å². The van der Waals surface area contributed by atoms with Crippen molar-refractivity contribution < 1.29 is 9.90 Å². The van der Waals surface area contributed by atoms with Crippen molar-refractivity contribution in [2.24, 2.45) is 5.92 Å². The number of aromatic nitrogens is 2. The van der Waals surface area contributed by atoms with Gasteiger partial charge in [0.15, 0.2) is 0 Å². The summed E-state index contributed by atoms with van der Waals surface area (Å²) in [5.41, 5.74) is 1.33. The SMILES string of the molecule is O=C(C1CCN(Cc2ccccc2)CC1c1ccccc1)N1CCC(O)(Cn2cnc3sccc3c2=O)CC1. The quantitative estimate of drug-likeness (QED) is 0.397. The number of thiophene rings is 1. The second kappa shape index (κ2) is 11.0. The average Bonchev–Trinajstić information content (AvgIpc) is 3.46. The van der Waals surface area contributed by atoms with Gasteiger partial charge in [0.05, 0.1) is 23.9 Å². The molecular formula is C31H34N4O3S. The number of fused-ring (bicyclic) bond motifs is 1. The average molecular weight is 543 g/mol. The minimum Gasteiger partial charge on any atom is -0.388 e. The van der Waals surface area contributed by atoms with E-state index >= 15 is 0 Å². The normalized spacial score (nSPS) is 21.7. The van der Waals surface area contributed by atoms with Crippen LogP contribution in [0, 0.1) is 5.92 Å². The van der Waals surface area contributed by atoms with Gasteiger partial charge in [0, 0.05) is 38.0 Å². The van der Waals surface area contributed by atoms with Gasteiger partial charge < -0.3 is 10.0 Å². The van der Waals surface area contributed by atoms with Crippen LogP contribution in [0.3, 0.4) is 0 Å². The summed E-state index contributed by atoms with van der Waals surface area (Å²) < 4.78 is 1.51. The van der Waals surface area contributed by atoms with Crippen LogP contribution in [0.4, 0.5) is 0 Å². The number of rotatable bonds is 6. The Labute approximate surface area is 232 Å². The molecule has 1 N–H and O–H groups in total. The molecule has 7 nitrogen and oxygen atoms in total. The second-order valence-corrected chi connectivity index (χ2v) is 11.9. The van der Waals surface area contributed by atoms with Gasteiger partial charge in [-0.05, 0) is 48.4 Å². The Morgan fingerprint density at radius 1 is 1.00 bits per heavy atom. The van der Waals surface area contributed by atoms with Crippen LogP contribution in [0.1, 0.15) is 36.3 Å². The molecule has 39 heavy (non-hydrogen) atoms. The molecule has 0 saturated carbocycles. The summed E-state index contributed by atoms with van der Waals surface area (Å²) >= 11 is 1.44. The Kier molecular flexibility index (Phi) is 7.34. The molecule has 4 aromatic rings. The van der Waals surface area contributed by atoms with Crippen LogP contribution >= 0.6 is 11.3 Å². The van der Waals surface area contributed by atoms with Crippen molar-refractivity contribution in [2.45, 2.75) is 43.9 Å². The molecule has 1 amide bonds. The van der Waals surface area contributed by atoms with E-state index in [1.165, 1.54) is 33.4 Å². The van der Waals surface area contributed by atoms with E-state index < -0.39 is 5.60 Å². The first-order valence-corrected chi connectivity index (χ1v) is 14.6. The molecule has 2 saturated heterocycles. The van der Waals surface area contributed by atoms with Gasteiger partial charge in [-0.3, -0.25) is 19.1 Å². The number of hydrogen-bond donors (Lipinski definition) is 1. The highest BCUT2D eigenvalue weighted by molar-refractivity contribution is 7.16. The fourth-order valence-corrected chi connectivity index (χ4v) is 6.92. The molecule has 0 radical (unpaired) electrons. The molecular weight excluding hydrogens is 508 g/mol. The minimum absolute atomic E-state index is 0.0848. The van der Waals surface area contributed by atoms with Crippen LogP contribution in [0.15, 0.2) is 83.2 Å². The van der Waals surface area contributed by atoms with Crippen molar-refractivity contribution >= 4 is 27.5 Å². The predicted molar refractivity (Wildman–Crippen MR) is 154 cm³/mol. The highest BCUT2D eigenvalue weighted by atomic mass is 32.1.